The van der Waals surface area contributed by atoms with Crippen molar-refractivity contribution in [1.29, 1.82) is 0 Å². The highest BCUT2D eigenvalue weighted by Crippen LogP contribution is 2.26. The van der Waals surface area contributed by atoms with Crippen molar-refractivity contribution in [3.05, 3.63) is 58.1 Å². The third kappa shape index (κ3) is 6.43. The molecule has 0 heterocycles. The summed E-state index contributed by atoms with van der Waals surface area (Å²) in [6, 6.07) is 10.6. The number of carbonyl (C=O) groups is 2. The van der Waals surface area contributed by atoms with E-state index in [-0.39, 0.29) is 45.8 Å². The summed E-state index contributed by atoms with van der Waals surface area (Å²) in [5, 5.41) is 5.93. The van der Waals surface area contributed by atoms with Crippen molar-refractivity contribution in [3.63, 3.8) is 0 Å². The van der Waals surface area contributed by atoms with Gasteiger partial charge >= 0.3 is 0 Å². The highest BCUT2D eigenvalue weighted by atomic mass is 35.5. The van der Waals surface area contributed by atoms with Gasteiger partial charge in [-0.3, -0.25) is 9.59 Å². The number of hydrogen-bond acceptors (Lipinski definition) is 4. The van der Waals surface area contributed by atoms with E-state index in [1.807, 2.05) is 0 Å². The fourth-order valence-electron chi connectivity index (χ4n) is 3.33. The largest absolute Gasteiger partial charge is 0.351 e. The van der Waals surface area contributed by atoms with Gasteiger partial charge in [-0.05, 0) is 55.3 Å². The Hall–Kier alpha value is -2.13. The lowest BCUT2D eigenvalue weighted by Crippen LogP contribution is -2.34. The number of anilines is 1. The molecular weight excluding hydrogens is 461 g/mol. The summed E-state index contributed by atoms with van der Waals surface area (Å²) >= 11 is 11.7. The predicted octanol–water partition coefficient (Wildman–Crippen LogP) is 3.83. The Balaban J connectivity index is 1.46. The molecule has 10 heteroatoms. The van der Waals surface area contributed by atoms with Crippen molar-refractivity contribution in [1.82, 2.24) is 10.0 Å². The zero-order valence-electron chi connectivity index (χ0n) is 16.7. The molecule has 1 aliphatic carbocycles. The maximum Gasteiger partial charge on any atom is 0.251 e. The van der Waals surface area contributed by atoms with E-state index in [9.17, 15) is 18.0 Å². The number of sulfonamides is 1. The summed E-state index contributed by atoms with van der Waals surface area (Å²) in [4.78, 5) is 24.4. The minimum atomic E-state index is -3.77. The van der Waals surface area contributed by atoms with Gasteiger partial charge in [0.05, 0.1) is 14.9 Å². The molecule has 0 atom stereocenters. The average molecular weight is 484 g/mol. The Morgan fingerprint density at radius 3 is 2.26 bits per heavy atom. The highest BCUT2D eigenvalue weighted by molar-refractivity contribution is 7.89. The molecule has 2 amide bonds. The summed E-state index contributed by atoms with van der Waals surface area (Å²) in [5.41, 5.74) is 1.05. The first-order chi connectivity index (χ1) is 14.8. The van der Waals surface area contributed by atoms with Crippen LogP contribution in [0.2, 0.25) is 10.0 Å². The molecule has 3 rings (SSSR count). The van der Waals surface area contributed by atoms with Gasteiger partial charge in [-0.15, -0.1) is 0 Å². The second-order valence-electron chi connectivity index (χ2n) is 7.28. The Bertz CT molecular complexity index is 1050. The van der Waals surface area contributed by atoms with Crippen LogP contribution in [0.25, 0.3) is 0 Å². The molecule has 1 fully saturated rings. The number of benzene rings is 2. The average Bonchev–Trinajstić information content (AvgIpc) is 3.28. The van der Waals surface area contributed by atoms with Crippen LogP contribution in [0, 0.1) is 5.92 Å². The van der Waals surface area contributed by atoms with E-state index < -0.39 is 10.0 Å². The summed E-state index contributed by atoms with van der Waals surface area (Å²) < 4.78 is 26.9. The van der Waals surface area contributed by atoms with Gasteiger partial charge in [-0.25, -0.2) is 13.1 Å². The lowest BCUT2D eigenvalue weighted by molar-refractivity contribution is -0.119. The van der Waals surface area contributed by atoms with Crippen LogP contribution in [0.3, 0.4) is 0 Å². The van der Waals surface area contributed by atoms with Crippen LogP contribution in [-0.2, 0) is 14.8 Å². The second-order valence-corrected chi connectivity index (χ2v) is 9.86. The van der Waals surface area contributed by atoms with Gasteiger partial charge < -0.3 is 10.6 Å². The number of halogens is 2. The van der Waals surface area contributed by atoms with Crippen LogP contribution in [0.15, 0.2) is 47.4 Å². The number of rotatable bonds is 8. The Morgan fingerprint density at radius 2 is 1.61 bits per heavy atom. The molecule has 2 aromatic carbocycles. The van der Waals surface area contributed by atoms with Crippen molar-refractivity contribution in [2.45, 2.75) is 30.6 Å². The van der Waals surface area contributed by atoms with E-state index in [4.69, 9.17) is 23.2 Å². The molecule has 0 unspecified atom stereocenters. The van der Waals surface area contributed by atoms with Crippen LogP contribution in [0.5, 0.6) is 0 Å². The van der Waals surface area contributed by atoms with Crippen LogP contribution >= 0.6 is 23.2 Å². The molecule has 0 spiro atoms. The van der Waals surface area contributed by atoms with E-state index in [1.54, 1.807) is 24.3 Å². The maximum absolute atomic E-state index is 12.3. The van der Waals surface area contributed by atoms with Crippen molar-refractivity contribution in [2.75, 3.05) is 18.4 Å². The number of amides is 2. The van der Waals surface area contributed by atoms with E-state index in [1.165, 1.54) is 18.2 Å². The predicted molar refractivity (Wildman–Crippen MR) is 121 cm³/mol. The molecule has 0 radical (unpaired) electrons. The zero-order chi connectivity index (χ0) is 22.4. The molecule has 3 N–H and O–H groups in total. The summed E-state index contributed by atoms with van der Waals surface area (Å²) in [5.74, 6) is -0.262. The van der Waals surface area contributed by atoms with Gasteiger partial charge in [0.1, 0.15) is 0 Å². The second kappa shape index (κ2) is 10.5. The maximum atomic E-state index is 12.3. The summed E-state index contributed by atoms with van der Waals surface area (Å²) in [6.45, 7) is 0.101. The number of carbonyl (C=O) groups excluding carboxylic acids is 2. The standard InChI is InChI=1S/C21H23Cl2N3O4S/c22-18-10-9-17(13-19(18)23)31(29,30)25-12-11-24-20(27)15-5-7-16(8-6-15)26-21(28)14-3-1-2-4-14/h5-10,13-14,25H,1-4,11-12H2,(H,24,27)(H,26,28). The zero-order valence-corrected chi connectivity index (χ0v) is 19.0. The topological polar surface area (TPSA) is 104 Å². The molecule has 166 valence electrons. The van der Waals surface area contributed by atoms with E-state index in [0.29, 0.717) is 11.3 Å². The van der Waals surface area contributed by atoms with Crippen LogP contribution in [0.4, 0.5) is 5.69 Å². The lowest BCUT2D eigenvalue weighted by Gasteiger charge is -2.11. The molecule has 7 nitrogen and oxygen atoms in total. The number of nitrogens with one attached hydrogen (secondary N) is 3. The monoisotopic (exact) mass is 483 g/mol. The molecule has 1 saturated carbocycles. The third-order valence-electron chi connectivity index (χ3n) is 5.04. The van der Waals surface area contributed by atoms with Gasteiger partial charge in [0.25, 0.3) is 5.91 Å². The van der Waals surface area contributed by atoms with E-state index in [2.05, 4.69) is 15.4 Å². The Morgan fingerprint density at radius 1 is 0.935 bits per heavy atom. The van der Waals surface area contributed by atoms with Gasteiger partial charge in [0, 0.05) is 30.3 Å². The molecule has 2 aromatic rings. The van der Waals surface area contributed by atoms with Crippen LogP contribution < -0.4 is 15.4 Å². The van der Waals surface area contributed by atoms with Gasteiger partial charge in [-0.1, -0.05) is 36.0 Å². The summed E-state index contributed by atoms with van der Waals surface area (Å²) in [7, 11) is -3.77. The molecule has 0 aromatic heterocycles. The molecule has 31 heavy (non-hydrogen) atoms. The van der Waals surface area contributed by atoms with Crippen molar-refractivity contribution >= 4 is 50.7 Å². The van der Waals surface area contributed by atoms with Crippen LogP contribution in [0.1, 0.15) is 36.0 Å². The first-order valence-electron chi connectivity index (χ1n) is 9.90. The molecular formula is C21H23Cl2N3O4S. The van der Waals surface area contributed by atoms with Gasteiger partial charge in [0.2, 0.25) is 15.9 Å². The van der Waals surface area contributed by atoms with E-state index in [0.717, 1.165) is 25.7 Å². The quantitative estimate of drug-likeness (QED) is 0.496. The third-order valence-corrected chi connectivity index (χ3v) is 7.24. The smallest absolute Gasteiger partial charge is 0.251 e. The molecule has 0 aliphatic heterocycles. The Kier molecular flexibility index (Phi) is 7.94. The normalized spacial score (nSPS) is 14.4. The van der Waals surface area contributed by atoms with Gasteiger partial charge in [-0.2, -0.15) is 0 Å². The fourth-order valence-corrected chi connectivity index (χ4v) is 4.75. The summed E-state index contributed by atoms with van der Waals surface area (Å²) in [6.07, 6.45) is 4.00. The van der Waals surface area contributed by atoms with Crippen LogP contribution in [-0.4, -0.2) is 33.3 Å². The SMILES string of the molecule is O=C(NCCNS(=O)(=O)c1ccc(Cl)c(Cl)c1)c1ccc(NC(=O)C2CCCC2)cc1. The minimum Gasteiger partial charge on any atom is -0.351 e. The highest BCUT2D eigenvalue weighted by Gasteiger charge is 2.22. The van der Waals surface area contributed by atoms with E-state index >= 15 is 0 Å². The minimum absolute atomic E-state index is 0.00382. The first-order valence-corrected chi connectivity index (χ1v) is 12.1. The molecule has 0 saturated heterocycles. The van der Waals surface area contributed by atoms with Crippen molar-refractivity contribution in [3.8, 4) is 0 Å². The van der Waals surface area contributed by atoms with Crippen molar-refractivity contribution in [2.24, 2.45) is 5.92 Å². The number of hydrogen-bond donors (Lipinski definition) is 3. The lowest BCUT2D eigenvalue weighted by atomic mass is 10.1. The molecule has 1 aliphatic rings. The van der Waals surface area contributed by atoms with Crippen molar-refractivity contribution < 1.29 is 18.0 Å². The molecule has 0 bridgehead atoms. The Labute approximate surface area is 191 Å². The van der Waals surface area contributed by atoms with Gasteiger partial charge in [0.15, 0.2) is 0 Å². The first kappa shape index (κ1) is 23.5. The fraction of sp³-hybridized carbons (Fsp3) is 0.333.